The van der Waals surface area contributed by atoms with Gasteiger partial charge in [0.1, 0.15) is 0 Å². The van der Waals surface area contributed by atoms with Gasteiger partial charge in [0.2, 0.25) is 0 Å². The van der Waals surface area contributed by atoms with E-state index in [1.54, 1.807) is 0 Å². The van der Waals surface area contributed by atoms with Crippen LogP contribution >= 0.6 is 11.6 Å². The number of fused-ring (bicyclic) bond motifs is 2. The van der Waals surface area contributed by atoms with E-state index in [2.05, 4.69) is 35.6 Å². The lowest BCUT2D eigenvalue weighted by molar-refractivity contribution is -0.137. The van der Waals surface area contributed by atoms with Crippen molar-refractivity contribution in [2.75, 3.05) is 26.2 Å². The lowest BCUT2D eigenvalue weighted by atomic mass is 9.82. The number of hydrogen-bond donors (Lipinski definition) is 2. The molecule has 1 atom stereocenters. The second kappa shape index (κ2) is 11.6. The van der Waals surface area contributed by atoms with Gasteiger partial charge in [-0.2, -0.15) is 0 Å². The number of carboxylic acid groups (broad SMARTS) is 1. The minimum atomic E-state index is -0.711. The van der Waals surface area contributed by atoms with Crippen molar-refractivity contribution in [3.63, 3.8) is 0 Å². The predicted octanol–water partition coefficient (Wildman–Crippen LogP) is 5.08. The van der Waals surface area contributed by atoms with Gasteiger partial charge in [0.25, 0.3) is 5.91 Å². The Morgan fingerprint density at radius 2 is 1.89 bits per heavy atom. The Morgan fingerprint density at radius 3 is 2.54 bits per heavy atom. The molecule has 0 bridgehead atoms. The average Bonchev–Trinajstić information content (AvgIpc) is 2.89. The number of amides is 1. The molecule has 1 unspecified atom stereocenters. The van der Waals surface area contributed by atoms with Gasteiger partial charge in [-0.3, -0.25) is 14.6 Å². The Labute approximate surface area is 211 Å². The van der Waals surface area contributed by atoms with E-state index in [0.29, 0.717) is 17.9 Å². The van der Waals surface area contributed by atoms with Crippen molar-refractivity contribution in [2.45, 2.75) is 44.9 Å². The van der Waals surface area contributed by atoms with Crippen molar-refractivity contribution in [3.8, 4) is 0 Å². The predicted molar refractivity (Wildman–Crippen MR) is 139 cm³/mol. The fourth-order valence-corrected chi connectivity index (χ4v) is 5.16. The van der Waals surface area contributed by atoms with E-state index in [9.17, 15) is 9.59 Å². The Balaban J connectivity index is 0.000000431. The molecule has 7 heteroatoms. The molecule has 1 aromatic heterocycles. The molecule has 2 N–H and O–H groups in total. The van der Waals surface area contributed by atoms with Crippen LogP contribution in [-0.4, -0.2) is 53.0 Å². The third-order valence-corrected chi connectivity index (χ3v) is 7.10. The number of carbonyl (C=O) groups excluding carboxylic acids is 1. The molecule has 184 valence electrons. The maximum atomic E-state index is 12.9. The van der Waals surface area contributed by atoms with Gasteiger partial charge >= 0.3 is 5.97 Å². The van der Waals surface area contributed by atoms with Crippen LogP contribution < -0.4 is 5.32 Å². The molecule has 0 saturated carbocycles. The van der Waals surface area contributed by atoms with Gasteiger partial charge in [0.05, 0.1) is 10.5 Å². The van der Waals surface area contributed by atoms with Crippen molar-refractivity contribution >= 4 is 34.4 Å². The average molecular weight is 494 g/mol. The molecular weight excluding hydrogens is 462 g/mol. The molecule has 1 amide bonds. The third kappa shape index (κ3) is 6.00. The summed E-state index contributed by atoms with van der Waals surface area (Å²) in [6.45, 7) is 5.02. The van der Waals surface area contributed by atoms with E-state index in [4.69, 9.17) is 21.7 Å². The summed E-state index contributed by atoms with van der Waals surface area (Å²) >= 11 is 6.79. The van der Waals surface area contributed by atoms with Gasteiger partial charge in [-0.05, 0) is 54.9 Å². The van der Waals surface area contributed by atoms with E-state index in [-0.39, 0.29) is 5.91 Å². The highest BCUT2D eigenvalue weighted by Crippen LogP contribution is 2.38. The number of carboxylic acids is 1. The fraction of sp³-hybridized carbons (Fsp3) is 0.393. The molecule has 6 nitrogen and oxygen atoms in total. The SMILES string of the molecule is CCCC(=O)O.O=C(c1ccc2c(Cl)c3c(nc2c1)CC(c1ccccc1)CC3)N1CCNCC1. The van der Waals surface area contributed by atoms with Gasteiger partial charge < -0.3 is 15.3 Å². The topological polar surface area (TPSA) is 82.5 Å². The van der Waals surface area contributed by atoms with Crippen molar-refractivity contribution < 1.29 is 14.7 Å². The molecule has 0 radical (unpaired) electrons. The number of carbonyl (C=O) groups is 2. The summed E-state index contributed by atoms with van der Waals surface area (Å²) in [7, 11) is 0. The van der Waals surface area contributed by atoms with Crippen molar-refractivity contribution in [1.82, 2.24) is 15.2 Å². The number of piperazine rings is 1. The largest absolute Gasteiger partial charge is 0.481 e. The number of aromatic nitrogens is 1. The first-order valence-electron chi connectivity index (χ1n) is 12.4. The second-order valence-electron chi connectivity index (χ2n) is 9.12. The van der Waals surface area contributed by atoms with E-state index < -0.39 is 5.97 Å². The van der Waals surface area contributed by atoms with Crippen LogP contribution in [0.25, 0.3) is 10.9 Å². The first kappa shape index (κ1) is 25.1. The van der Waals surface area contributed by atoms with E-state index in [0.717, 1.165) is 73.5 Å². The normalized spacial score (nSPS) is 17.3. The summed E-state index contributed by atoms with van der Waals surface area (Å²) < 4.78 is 0. The van der Waals surface area contributed by atoms with Crippen LogP contribution in [-0.2, 0) is 17.6 Å². The number of nitrogens with one attached hydrogen (secondary N) is 1. The molecule has 2 aliphatic rings. The van der Waals surface area contributed by atoms with Gasteiger partial charge in [0, 0.05) is 49.2 Å². The molecular formula is C28H32ClN3O3. The lowest BCUT2D eigenvalue weighted by Crippen LogP contribution is -2.46. The maximum absolute atomic E-state index is 12.9. The fourth-order valence-electron chi connectivity index (χ4n) is 4.80. The number of nitrogens with zero attached hydrogens (tertiary/aromatic N) is 2. The van der Waals surface area contributed by atoms with Gasteiger partial charge in [-0.25, -0.2) is 0 Å². The van der Waals surface area contributed by atoms with Crippen molar-refractivity contribution in [2.24, 2.45) is 0 Å². The summed E-state index contributed by atoms with van der Waals surface area (Å²) in [5.74, 6) is -0.168. The molecule has 2 heterocycles. The minimum Gasteiger partial charge on any atom is -0.481 e. The van der Waals surface area contributed by atoms with Gasteiger partial charge in [-0.1, -0.05) is 54.9 Å². The number of pyridine rings is 1. The highest BCUT2D eigenvalue weighted by atomic mass is 35.5. The smallest absolute Gasteiger partial charge is 0.303 e. The number of aliphatic carboxylic acids is 1. The molecule has 1 aliphatic carbocycles. The quantitative estimate of drug-likeness (QED) is 0.529. The maximum Gasteiger partial charge on any atom is 0.303 e. The van der Waals surface area contributed by atoms with Crippen molar-refractivity contribution in [1.29, 1.82) is 0 Å². The number of rotatable bonds is 4. The van der Waals surface area contributed by atoms with Crippen LogP contribution in [0.4, 0.5) is 0 Å². The molecule has 1 saturated heterocycles. The van der Waals surface area contributed by atoms with Crippen LogP contribution in [0.2, 0.25) is 5.02 Å². The van der Waals surface area contributed by atoms with Gasteiger partial charge in [-0.15, -0.1) is 0 Å². The zero-order chi connectivity index (χ0) is 24.8. The Bertz CT molecular complexity index is 1190. The van der Waals surface area contributed by atoms with Crippen LogP contribution in [0.1, 0.15) is 59.3 Å². The molecule has 1 aliphatic heterocycles. The van der Waals surface area contributed by atoms with Crippen molar-refractivity contribution in [3.05, 3.63) is 75.9 Å². The van der Waals surface area contributed by atoms with E-state index in [1.165, 1.54) is 11.1 Å². The van der Waals surface area contributed by atoms with Crippen LogP contribution in [0.5, 0.6) is 0 Å². The molecule has 1 fully saturated rings. The standard InChI is InChI=1S/C24H24ClN3O.C4H8O2/c25-23-19-8-6-17(16-4-2-1-3-5-16)14-21(19)27-22-15-18(7-9-20(22)23)24(29)28-12-10-26-11-13-28;1-2-3-4(5)6/h1-5,7,9,15,17,26H,6,8,10-14H2;2-3H2,1H3,(H,5,6). The highest BCUT2D eigenvalue weighted by Gasteiger charge is 2.25. The number of benzene rings is 2. The first-order valence-corrected chi connectivity index (χ1v) is 12.7. The monoisotopic (exact) mass is 493 g/mol. The Morgan fingerprint density at radius 1 is 1.14 bits per heavy atom. The lowest BCUT2D eigenvalue weighted by Gasteiger charge is -2.28. The van der Waals surface area contributed by atoms with Crippen LogP contribution in [0, 0.1) is 0 Å². The Kier molecular flexibility index (Phi) is 8.37. The highest BCUT2D eigenvalue weighted by molar-refractivity contribution is 6.36. The van der Waals surface area contributed by atoms with E-state index in [1.807, 2.05) is 30.0 Å². The summed E-state index contributed by atoms with van der Waals surface area (Å²) in [4.78, 5) is 29.4. The molecule has 5 rings (SSSR count). The number of hydrogen-bond acceptors (Lipinski definition) is 4. The zero-order valence-corrected chi connectivity index (χ0v) is 20.9. The second-order valence-corrected chi connectivity index (χ2v) is 9.50. The van der Waals surface area contributed by atoms with E-state index >= 15 is 0 Å². The molecule has 2 aromatic carbocycles. The third-order valence-electron chi connectivity index (χ3n) is 6.67. The molecule has 3 aromatic rings. The number of halogens is 1. The minimum absolute atomic E-state index is 0.0752. The van der Waals surface area contributed by atoms with Crippen LogP contribution in [0.15, 0.2) is 48.5 Å². The Hall–Kier alpha value is -2.96. The summed E-state index contributed by atoms with van der Waals surface area (Å²) in [5.41, 5.74) is 5.13. The molecule has 35 heavy (non-hydrogen) atoms. The zero-order valence-electron chi connectivity index (χ0n) is 20.1. The first-order chi connectivity index (χ1) is 17.0. The summed E-state index contributed by atoms with van der Waals surface area (Å²) in [5, 5.41) is 12.9. The van der Waals surface area contributed by atoms with Crippen LogP contribution in [0.3, 0.4) is 0 Å². The summed E-state index contributed by atoms with van der Waals surface area (Å²) in [6, 6.07) is 16.4. The molecule has 0 spiro atoms. The summed E-state index contributed by atoms with van der Waals surface area (Å²) in [6.07, 6.45) is 3.95. The van der Waals surface area contributed by atoms with Gasteiger partial charge in [0.15, 0.2) is 0 Å².